The Kier molecular flexibility index (Phi) is 13.0. The van der Waals surface area contributed by atoms with Gasteiger partial charge in [-0.15, -0.1) is 0 Å². The molecule has 15 atom stereocenters. The molecule has 0 aromatic carbocycles. The Morgan fingerprint density at radius 3 is 1.78 bits per heavy atom. The molecule has 0 aromatic heterocycles. The number of carbonyl (C=O) groups is 1. The Balaban J connectivity index is 1.84. The first-order valence-electron chi connectivity index (χ1n) is 13.5. The van der Waals surface area contributed by atoms with Crippen molar-refractivity contribution in [3.05, 3.63) is 0 Å². The molecule has 0 aromatic rings. The van der Waals surface area contributed by atoms with Crippen molar-refractivity contribution in [3.8, 4) is 0 Å². The highest BCUT2D eigenvalue weighted by molar-refractivity contribution is 5.66. The summed E-state index contributed by atoms with van der Waals surface area (Å²) in [6, 6.07) is 0. The van der Waals surface area contributed by atoms with E-state index >= 15 is 0 Å². The first-order chi connectivity index (χ1) is 19.4. The summed E-state index contributed by atoms with van der Waals surface area (Å²) in [5, 5.41) is 101. The van der Waals surface area contributed by atoms with E-state index in [-0.39, 0.29) is 13.0 Å². The van der Waals surface area contributed by atoms with Crippen molar-refractivity contribution in [2.75, 3.05) is 19.8 Å². The lowest BCUT2D eigenvalue weighted by Gasteiger charge is -2.48. The second-order valence-electron chi connectivity index (χ2n) is 10.4. The minimum Gasteiger partial charge on any atom is -0.481 e. The minimum absolute atomic E-state index is 0.00300. The van der Waals surface area contributed by atoms with Crippen molar-refractivity contribution in [1.82, 2.24) is 0 Å². The van der Waals surface area contributed by atoms with Gasteiger partial charge < -0.3 is 79.5 Å². The molecule has 3 heterocycles. The van der Waals surface area contributed by atoms with Crippen molar-refractivity contribution in [3.63, 3.8) is 0 Å². The second-order valence-corrected chi connectivity index (χ2v) is 10.4. The molecule has 3 rings (SSSR count). The van der Waals surface area contributed by atoms with E-state index in [4.69, 9.17) is 33.5 Å². The molecule has 0 radical (unpaired) electrons. The SMILES string of the molecule is CC1OC(OC2C(OCCCCCC(=O)O)OC(CO)C(O)C2OC2OC(CO)C(O)C(O)C2O)C(O)C(O)C1O. The lowest BCUT2D eigenvalue weighted by Crippen LogP contribution is -2.67. The molecule has 0 spiro atoms. The molecule has 17 nitrogen and oxygen atoms in total. The number of ether oxygens (including phenoxy) is 6. The maximum absolute atomic E-state index is 11.0. The summed E-state index contributed by atoms with van der Waals surface area (Å²) in [6.07, 6.45) is -22.3. The van der Waals surface area contributed by atoms with Crippen LogP contribution in [0.5, 0.6) is 0 Å². The molecule has 10 N–H and O–H groups in total. The smallest absolute Gasteiger partial charge is 0.303 e. The number of aliphatic carboxylic acids is 1. The van der Waals surface area contributed by atoms with Gasteiger partial charge in [-0.05, 0) is 19.8 Å². The average molecular weight is 603 g/mol. The standard InChI is InChI=1S/C24H42O17/c1-9-13(29)16(32)18(34)22(37-9)41-21-20(40-23-19(35)17(33)14(30)10(7-25)38-23)15(31)11(8-26)39-24(21)36-6-4-2-3-5-12(27)28/h9-11,13-26,29-35H,2-8H2,1H3,(H,27,28). The van der Waals surface area contributed by atoms with Crippen molar-refractivity contribution in [2.45, 2.75) is 125 Å². The van der Waals surface area contributed by atoms with Gasteiger partial charge in [0.15, 0.2) is 18.9 Å². The molecule has 3 fully saturated rings. The molecule has 3 aliphatic heterocycles. The highest BCUT2D eigenvalue weighted by atomic mass is 16.8. The summed E-state index contributed by atoms with van der Waals surface area (Å²) in [4.78, 5) is 10.7. The molecule has 0 bridgehead atoms. The van der Waals surface area contributed by atoms with Crippen LogP contribution >= 0.6 is 0 Å². The van der Waals surface area contributed by atoms with Crippen LogP contribution in [0.1, 0.15) is 32.6 Å². The van der Waals surface area contributed by atoms with Crippen LogP contribution in [0.15, 0.2) is 0 Å². The van der Waals surface area contributed by atoms with Gasteiger partial charge in [-0.3, -0.25) is 4.79 Å². The average Bonchev–Trinajstić information content (AvgIpc) is 2.94. The highest BCUT2D eigenvalue weighted by Gasteiger charge is 2.54. The van der Waals surface area contributed by atoms with Crippen molar-refractivity contribution in [2.24, 2.45) is 0 Å². The summed E-state index contributed by atoms with van der Waals surface area (Å²) in [5.74, 6) is -0.949. The summed E-state index contributed by atoms with van der Waals surface area (Å²) < 4.78 is 34.0. The van der Waals surface area contributed by atoms with E-state index in [9.17, 15) is 50.8 Å². The quantitative estimate of drug-likeness (QED) is 0.0885. The van der Waals surface area contributed by atoms with Crippen LogP contribution < -0.4 is 0 Å². The van der Waals surface area contributed by atoms with E-state index < -0.39 is 111 Å². The third kappa shape index (κ3) is 8.28. The van der Waals surface area contributed by atoms with Crippen LogP contribution in [0, 0.1) is 0 Å². The molecule has 3 saturated heterocycles. The Morgan fingerprint density at radius 1 is 0.634 bits per heavy atom. The number of aliphatic hydroxyl groups excluding tert-OH is 9. The van der Waals surface area contributed by atoms with Crippen LogP contribution in [-0.4, -0.2) is 169 Å². The molecular formula is C24H42O17. The highest BCUT2D eigenvalue weighted by Crippen LogP contribution is 2.33. The number of aliphatic hydroxyl groups is 9. The Labute approximate surface area is 235 Å². The molecule has 0 amide bonds. The van der Waals surface area contributed by atoms with Crippen LogP contribution in [0.25, 0.3) is 0 Å². The van der Waals surface area contributed by atoms with Gasteiger partial charge in [0.05, 0.1) is 19.3 Å². The predicted octanol–water partition coefficient (Wildman–Crippen LogP) is -4.88. The van der Waals surface area contributed by atoms with Gasteiger partial charge in [0.1, 0.15) is 67.1 Å². The maximum Gasteiger partial charge on any atom is 0.303 e. The fraction of sp³-hybridized carbons (Fsp3) is 0.958. The minimum atomic E-state index is -1.86. The van der Waals surface area contributed by atoms with Crippen molar-refractivity contribution in [1.29, 1.82) is 0 Å². The van der Waals surface area contributed by atoms with E-state index in [0.717, 1.165) is 0 Å². The van der Waals surface area contributed by atoms with Gasteiger partial charge in [-0.2, -0.15) is 0 Å². The molecule has 0 aliphatic carbocycles. The third-order valence-electron chi connectivity index (χ3n) is 7.35. The van der Waals surface area contributed by atoms with Crippen LogP contribution in [0.4, 0.5) is 0 Å². The lowest BCUT2D eigenvalue weighted by atomic mass is 9.96. The number of carboxylic acid groups (broad SMARTS) is 1. The molecule has 15 unspecified atom stereocenters. The Morgan fingerprint density at radius 2 is 1.17 bits per heavy atom. The molecule has 240 valence electrons. The van der Waals surface area contributed by atoms with Crippen LogP contribution in [-0.2, 0) is 33.2 Å². The van der Waals surface area contributed by atoms with Gasteiger partial charge in [-0.25, -0.2) is 0 Å². The first kappa shape index (κ1) is 34.4. The monoisotopic (exact) mass is 602 g/mol. The topological polar surface area (TPSA) is 275 Å². The summed E-state index contributed by atoms with van der Waals surface area (Å²) in [5.41, 5.74) is 0. The van der Waals surface area contributed by atoms with Crippen LogP contribution in [0.2, 0.25) is 0 Å². The largest absolute Gasteiger partial charge is 0.481 e. The molecule has 3 aliphatic rings. The lowest BCUT2D eigenvalue weighted by molar-refractivity contribution is -0.390. The predicted molar refractivity (Wildman–Crippen MR) is 130 cm³/mol. The zero-order chi connectivity index (χ0) is 30.4. The summed E-state index contributed by atoms with van der Waals surface area (Å²) in [6.45, 7) is -0.0757. The molecule has 41 heavy (non-hydrogen) atoms. The number of carboxylic acids is 1. The second kappa shape index (κ2) is 15.6. The van der Waals surface area contributed by atoms with Gasteiger partial charge in [0, 0.05) is 13.0 Å². The fourth-order valence-electron chi connectivity index (χ4n) is 4.85. The number of hydrogen-bond donors (Lipinski definition) is 10. The van der Waals surface area contributed by atoms with Gasteiger partial charge >= 0.3 is 5.97 Å². The van der Waals surface area contributed by atoms with Crippen molar-refractivity contribution < 1.29 is 84.3 Å². The summed E-state index contributed by atoms with van der Waals surface area (Å²) in [7, 11) is 0. The Bertz CT molecular complexity index is 802. The number of unbranched alkanes of at least 4 members (excludes halogenated alkanes) is 2. The fourth-order valence-corrected chi connectivity index (χ4v) is 4.85. The third-order valence-corrected chi connectivity index (χ3v) is 7.35. The summed E-state index contributed by atoms with van der Waals surface area (Å²) >= 11 is 0. The number of rotatable bonds is 13. The van der Waals surface area contributed by atoms with E-state index in [2.05, 4.69) is 0 Å². The van der Waals surface area contributed by atoms with E-state index in [1.807, 2.05) is 0 Å². The van der Waals surface area contributed by atoms with E-state index in [1.165, 1.54) is 6.92 Å². The van der Waals surface area contributed by atoms with Crippen molar-refractivity contribution >= 4 is 5.97 Å². The van der Waals surface area contributed by atoms with E-state index in [0.29, 0.717) is 19.3 Å². The van der Waals surface area contributed by atoms with Gasteiger partial charge in [0.25, 0.3) is 0 Å². The van der Waals surface area contributed by atoms with E-state index in [1.54, 1.807) is 0 Å². The normalized spacial score (nSPS) is 45.5. The zero-order valence-electron chi connectivity index (χ0n) is 22.4. The number of hydrogen-bond acceptors (Lipinski definition) is 16. The maximum atomic E-state index is 11.0. The van der Waals surface area contributed by atoms with Crippen LogP contribution in [0.3, 0.4) is 0 Å². The van der Waals surface area contributed by atoms with Gasteiger partial charge in [-0.1, -0.05) is 6.42 Å². The molecular weight excluding hydrogens is 560 g/mol. The first-order valence-corrected chi connectivity index (χ1v) is 13.5. The Hall–Kier alpha value is -1.13. The zero-order valence-corrected chi connectivity index (χ0v) is 22.4. The van der Waals surface area contributed by atoms with Gasteiger partial charge in [0.2, 0.25) is 0 Å². The molecule has 17 heteroatoms. The molecule has 0 saturated carbocycles.